The normalized spacial score (nSPS) is 25.0. The molecule has 6 nitrogen and oxygen atoms in total. The molecule has 0 aliphatic carbocycles. The lowest BCUT2D eigenvalue weighted by atomic mass is 9.90. The predicted octanol–water partition coefficient (Wildman–Crippen LogP) is 2.28. The van der Waals surface area contributed by atoms with Crippen LogP contribution in [0.1, 0.15) is 33.6 Å². The SMILES string of the molecule is O=C1c2ccccc2C(=O)N1CC1CCC2CN(c3ccccn3)CCN2C1. The van der Waals surface area contributed by atoms with Gasteiger partial charge in [-0.05, 0) is 43.0 Å². The monoisotopic (exact) mass is 376 g/mol. The van der Waals surface area contributed by atoms with Gasteiger partial charge in [0.1, 0.15) is 5.82 Å². The van der Waals surface area contributed by atoms with Gasteiger partial charge < -0.3 is 4.90 Å². The van der Waals surface area contributed by atoms with Crippen molar-refractivity contribution in [2.24, 2.45) is 5.92 Å². The Bertz CT molecular complexity index is 865. The van der Waals surface area contributed by atoms with E-state index < -0.39 is 0 Å². The number of aromatic nitrogens is 1. The molecule has 5 rings (SSSR count). The first-order valence-electron chi connectivity index (χ1n) is 10.1. The number of imide groups is 1. The summed E-state index contributed by atoms with van der Waals surface area (Å²) in [5.41, 5.74) is 1.09. The summed E-state index contributed by atoms with van der Waals surface area (Å²) in [7, 11) is 0. The molecular formula is C22H24N4O2. The number of hydrogen-bond donors (Lipinski definition) is 0. The molecule has 3 aliphatic heterocycles. The first-order valence-corrected chi connectivity index (χ1v) is 10.1. The van der Waals surface area contributed by atoms with Gasteiger partial charge in [0.15, 0.2) is 0 Å². The van der Waals surface area contributed by atoms with Crippen LogP contribution in [0, 0.1) is 5.92 Å². The fourth-order valence-corrected chi connectivity index (χ4v) is 4.82. The van der Waals surface area contributed by atoms with E-state index in [1.165, 1.54) is 4.90 Å². The number of benzene rings is 1. The summed E-state index contributed by atoms with van der Waals surface area (Å²) < 4.78 is 0. The fourth-order valence-electron chi connectivity index (χ4n) is 4.82. The zero-order valence-corrected chi connectivity index (χ0v) is 15.8. The highest BCUT2D eigenvalue weighted by molar-refractivity contribution is 6.21. The van der Waals surface area contributed by atoms with Crippen LogP contribution in [0.5, 0.6) is 0 Å². The minimum absolute atomic E-state index is 0.136. The van der Waals surface area contributed by atoms with Crippen molar-refractivity contribution in [3.63, 3.8) is 0 Å². The van der Waals surface area contributed by atoms with Crippen LogP contribution in [0.15, 0.2) is 48.7 Å². The van der Waals surface area contributed by atoms with Crippen LogP contribution in [-0.4, -0.2) is 65.4 Å². The number of piperidine rings is 1. The Morgan fingerprint density at radius 2 is 1.64 bits per heavy atom. The molecule has 2 saturated heterocycles. The number of piperazine rings is 1. The first kappa shape index (κ1) is 17.4. The topological polar surface area (TPSA) is 56.8 Å². The Labute approximate surface area is 164 Å². The summed E-state index contributed by atoms with van der Waals surface area (Å²) >= 11 is 0. The standard InChI is InChI=1S/C22H24N4O2/c27-21-18-5-1-2-6-19(18)22(28)26(21)14-16-8-9-17-15-25(12-11-24(17)13-16)20-7-3-4-10-23-20/h1-7,10,16-17H,8-9,11-15H2. The molecule has 2 amide bonds. The maximum atomic E-state index is 12.6. The fraction of sp³-hybridized carbons (Fsp3) is 0.409. The number of amides is 2. The van der Waals surface area contributed by atoms with E-state index in [-0.39, 0.29) is 11.8 Å². The number of pyridine rings is 1. The van der Waals surface area contributed by atoms with Gasteiger partial charge in [-0.15, -0.1) is 0 Å². The van der Waals surface area contributed by atoms with E-state index in [0.29, 0.717) is 29.6 Å². The van der Waals surface area contributed by atoms with E-state index in [9.17, 15) is 9.59 Å². The van der Waals surface area contributed by atoms with Crippen molar-refractivity contribution in [3.05, 3.63) is 59.8 Å². The van der Waals surface area contributed by atoms with E-state index in [2.05, 4.69) is 20.9 Å². The highest BCUT2D eigenvalue weighted by Gasteiger charge is 2.39. The highest BCUT2D eigenvalue weighted by atomic mass is 16.2. The third-order valence-corrected chi connectivity index (χ3v) is 6.30. The molecule has 0 radical (unpaired) electrons. The van der Waals surface area contributed by atoms with Crippen LogP contribution in [0.3, 0.4) is 0 Å². The van der Waals surface area contributed by atoms with E-state index in [4.69, 9.17) is 0 Å². The number of rotatable bonds is 3. The molecule has 0 spiro atoms. The molecule has 0 N–H and O–H groups in total. The molecule has 2 unspecified atom stereocenters. The third kappa shape index (κ3) is 2.98. The molecule has 28 heavy (non-hydrogen) atoms. The average molecular weight is 376 g/mol. The molecule has 2 fully saturated rings. The van der Waals surface area contributed by atoms with Crippen molar-refractivity contribution in [1.82, 2.24) is 14.8 Å². The number of hydrogen-bond acceptors (Lipinski definition) is 5. The minimum atomic E-state index is -0.136. The maximum absolute atomic E-state index is 12.6. The number of carbonyl (C=O) groups is 2. The Morgan fingerprint density at radius 1 is 0.893 bits per heavy atom. The smallest absolute Gasteiger partial charge is 0.261 e. The van der Waals surface area contributed by atoms with Gasteiger partial charge in [0.25, 0.3) is 11.8 Å². The van der Waals surface area contributed by atoms with Gasteiger partial charge in [-0.2, -0.15) is 0 Å². The second kappa shape index (κ2) is 7.02. The highest BCUT2D eigenvalue weighted by Crippen LogP contribution is 2.30. The van der Waals surface area contributed by atoms with Crippen LogP contribution in [0.2, 0.25) is 0 Å². The Morgan fingerprint density at radius 3 is 2.36 bits per heavy atom. The molecule has 1 aromatic carbocycles. The van der Waals surface area contributed by atoms with Crippen LogP contribution in [0.25, 0.3) is 0 Å². The lowest BCUT2D eigenvalue weighted by Gasteiger charge is -2.47. The van der Waals surface area contributed by atoms with Crippen molar-refractivity contribution < 1.29 is 9.59 Å². The summed E-state index contributed by atoms with van der Waals surface area (Å²) in [6, 6.07) is 13.7. The average Bonchev–Trinajstić information content (AvgIpc) is 2.99. The van der Waals surface area contributed by atoms with E-state index in [1.807, 2.05) is 30.5 Å². The number of fused-ring (bicyclic) bond motifs is 2. The van der Waals surface area contributed by atoms with Crippen LogP contribution in [-0.2, 0) is 0 Å². The minimum Gasteiger partial charge on any atom is -0.354 e. The lowest BCUT2D eigenvalue weighted by Crippen LogP contribution is -2.57. The summed E-state index contributed by atoms with van der Waals surface area (Å²) in [4.78, 5) is 36.1. The molecular weight excluding hydrogens is 352 g/mol. The summed E-state index contributed by atoms with van der Waals surface area (Å²) in [5.74, 6) is 1.13. The van der Waals surface area contributed by atoms with Gasteiger partial charge in [0.05, 0.1) is 11.1 Å². The van der Waals surface area contributed by atoms with Gasteiger partial charge in [-0.3, -0.25) is 19.4 Å². The Balaban J connectivity index is 1.22. The molecule has 2 aromatic rings. The van der Waals surface area contributed by atoms with Crippen molar-refractivity contribution in [3.8, 4) is 0 Å². The van der Waals surface area contributed by atoms with Gasteiger partial charge in [0, 0.05) is 45.0 Å². The number of nitrogens with zero attached hydrogens (tertiary/aromatic N) is 4. The molecule has 1 aromatic heterocycles. The number of anilines is 1. The predicted molar refractivity (Wildman–Crippen MR) is 106 cm³/mol. The Kier molecular flexibility index (Phi) is 4.36. The molecule has 0 bridgehead atoms. The third-order valence-electron chi connectivity index (χ3n) is 6.30. The number of carbonyl (C=O) groups excluding carboxylic acids is 2. The van der Waals surface area contributed by atoms with E-state index in [0.717, 1.165) is 44.8 Å². The molecule has 4 heterocycles. The second-order valence-corrected chi connectivity index (χ2v) is 7.99. The first-order chi connectivity index (χ1) is 13.7. The van der Waals surface area contributed by atoms with Gasteiger partial charge in [-0.25, -0.2) is 4.98 Å². The summed E-state index contributed by atoms with van der Waals surface area (Å²) in [6.07, 6.45) is 3.99. The molecule has 3 aliphatic rings. The van der Waals surface area contributed by atoms with Gasteiger partial charge >= 0.3 is 0 Å². The second-order valence-electron chi connectivity index (χ2n) is 7.99. The molecule has 0 saturated carbocycles. The zero-order chi connectivity index (χ0) is 19.1. The Hall–Kier alpha value is -2.73. The van der Waals surface area contributed by atoms with Crippen molar-refractivity contribution in [2.45, 2.75) is 18.9 Å². The van der Waals surface area contributed by atoms with Gasteiger partial charge in [0.2, 0.25) is 0 Å². The maximum Gasteiger partial charge on any atom is 0.261 e. The van der Waals surface area contributed by atoms with Crippen molar-refractivity contribution in [2.75, 3.05) is 37.6 Å². The summed E-state index contributed by atoms with van der Waals surface area (Å²) in [6.45, 7) is 4.44. The van der Waals surface area contributed by atoms with E-state index >= 15 is 0 Å². The largest absolute Gasteiger partial charge is 0.354 e. The van der Waals surface area contributed by atoms with Crippen LogP contribution in [0.4, 0.5) is 5.82 Å². The summed E-state index contributed by atoms with van der Waals surface area (Å²) in [5, 5.41) is 0. The van der Waals surface area contributed by atoms with Crippen molar-refractivity contribution >= 4 is 17.6 Å². The van der Waals surface area contributed by atoms with Crippen molar-refractivity contribution in [1.29, 1.82) is 0 Å². The van der Waals surface area contributed by atoms with Gasteiger partial charge in [-0.1, -0.05) is 18.2 Å². The zero-order valence-electron chi connectivity index (χ0n) is 15.8. The van der Waals surface area contributed by atoms with E-state index in [1.54, 1.807) is 12.1 Å². The van der Waals surface area contributed by atoms with Crippen LogP contribution >= 0.6 is 0 Å². The molecule has 6 heteroatoms. The lowest BCUT2D eigenvalue weighted by molar-refractivity contribution is 0.0521. The molecule has 2 atom stereocenters. The van der Waals surface area contributed by atoms with Crippen LogP contribution < -0.4 is 4.90 Å². The quantitative estimate of drug-likeness (QED) is 0.770. The molecule has 144 valence electrons.